The fourth-order valence-corrected chi connectivity index (χ4v) is 0.938. The number of aliphatic hydroxyl groups excluding tert-OH is 2. The summed E-state index contributed by atoms with van der Waals surface area (Å²) in [6.45, 7) is 0.177. The molecule has 1 rings (SSSR count). The van der Waals surface area contributed by atoms with Crippen LogP contribution in [0, 0.1) is 12.4 Å². The Morgan fingerprint density at radius 2 is 1.86 bits per heavy atom. The van der Waals surface area contributed by atoms with Gasteiger partial charge in [0.1, 0.15) is 0 Å². The fourth-order valence-electron chi connectivity index (χ4n) is 0.938. The molecule has 1 aromatic rings. The van der Waals surface area contributed by atoms with Crippen LogP contribution in [0.4, 0.5) is 10.3 Å². The number of nitrogens with zero attached hydrogens (tertiary/aromatic N) is 4. The van der Waals surface area contributed by atoms with Gasteiger partial charge in [0.05, 0.1) is 13.2 Å². The first-order valence-electron chi connectivity index (χ1n) is 4.02. The van der Waals surface area contributed by atoms with Gasteiger partial charge in [0.15, 0.2) is 0 Å². The van der Waals surface area contributed by atoms with E-state index in [1.165, 1.54) is 4.90 Å². The zero-order valence-electron chi connectivity index (χ0n) is 7.39. The lowest BCUT2D eigenvalue weighted by Crippen LogP contribution is -2.31. The maximum absolute atomic E-state index is 12.6. The van der Waals surface area contributed by atoms with E-state index in [1.807, 2.05) is 0 Å². The van der Waals surface area contributed by atoms with Gasteiger partial charge in [-0.15, -0.1) is 0 Å². The van der Waals surface area contributed by atoms with Crippen LogP contribution in [0.15, 0.2) is 0 Å². The Labute approximate surface area is 80.1 Å². The third kappa shape index (κ3) is 2.86. The first kappa shape index (κ1) is 10.7. The molecular formula is C7H10FN4O2. The van der Waals surface area contributed by atoms with Crippen molar-refractivity contribution in [2.75, 3.05) is 31.2 Å². The van der Waals surface area contributed by atoms with Crippen LogP contribution in [-0.4, -0.2) is 51.5 Å². The average Bonchev–Trinajstić information content (AvgIpc) is 2.17. The first-order chi connectivity index (χ1) is 6.77. The Kier molecular flexibility index (Phi) is 4.14. The molecule has 0 aliphatic carbocycles. The lowest BCUT2D eigenvalue weighted by atomic mass is 10.5. The van der Waals surface area contributed by atoms with Crippen LogP contribution in [0.25, 0.3) is 0 Å². The Morgan fingerprint density at radius 1 is 1.21 bits per heavy atom. The van der Waals surface area contributed by atoms with Crippen LogP contribution in [0.3, 0.4) is 0 Å². The number of hydrogen-bond donors (Lipinski definition) is 2. The molecule has 0 aliphatic rings. The van der Waals surface area contributed by atoms with Gasteiger partial charge in [-0.3, -0.25) is 0 Å². The van der Waals surface area contributed by atoms with Crippen LogP contribution in [0.1, 0.15) is 0 Å². The maximum atomic E-state index is 12.6. The normalized spacial score (nSPS) is 10.2. The Morgan fingerprint density at radius 3 is 2.36 bits per heavy atom. The van der Waals surface area contributed by atoms with Crippen molar-refractivity contribution in [3.8, 4) is 0 Å². The molecule has 0 unspecified atom stereocenters. The van der Waals surface area contributed by atoms with Crippen molar-refractivity contribution in [3.63, 3.8) is 0 Å². The van der Waals surface area contributed by atoms with Gasteiger partial charge in [-0.05, 0) is 0 Å². The van der Waals surface area contributed by atoms with Crippen molar-refractivity contribution in [2.45, 2.75) is 0 Å². The summed E-state index contributed by atoms with van der Waals surface area (Å²) in [6.07, 6.45) is 1.15. The average molecular weight is 201 g/mol. The molecule has 1 radical (unpaired) electrons. The monoisotopic (exact) mass is 201 g/mol. The standard InChI is InChI=1S/C7H10FN4O2/c8-6-9-5-10-7(11-6)12(1-3-13)2-4-14/h13-14H,1-4H2. The highest BCUT2D eigenvalue weighted by Gasteiger charge is 2.09. The molecule has 7 heteroatoms. The van der Waals surface area contributed by atoms with Gasteiger partial charge < -0.3 is 15.1 Å². The van der Waals surface area contributed by atoms with E-state index in [0.29, 0.717) is 0 Å². The van der Waals surface area contributed by atoms with Gasteiger partial charge in [-0.2, -0.15) is 19.3 Å². The SMILES string of the molecule is OCCN(CCO)c1n[c]nc(F)n1. The molecule has 1 aromatic heterocycles. The minimum absolute atomic E-state index is 0.0561. The molecule has 0 spiro atoms. The highest BCUT2D eigenvalue weighted by molar-refractivity contribution is 5.26. The molecule has 0 bridgehead atoms. The second kappa shape index (κ2) is 5.40. The number of rotatable bonds is 5. The van der Waals surface area contributed by atoms with E-state index in [4.69, 9.17) is 10.2 Å². The smallest absolute Gasteiger partial charge is 0.314 e. The Bertz CT molecular complexity index is 280. The van der Waals surface area contributed by atoms with Crippen LogP contribution >= 0.6 is 0 Å². The molecule has 0 amide bonds. The van der Waals surface area contributed by atoms with E-state index in [2.05, 4.69) is 21.3 Å². The molecule has 0 aliphatic heterocycles. The van der Waals surface area contributed by atoms with Gasteiger partial charge in [0.25, 0.3) is 0 Å². The van der Waals surface area contributed by atoms with Gasteiger partial charge >= 0.3 is 6.08 Å². The molecule has 6 nitrogen and oxygen atoms in total. The van der Waals surface area contributed by atoms with Gasteiger partial charge in [-0.25, -0.2) is 0 Å². The fraction of sp³-hybridized carbons (Fsp3) is 0.571. The minimum atomic E-state index is -0.934. The number of aliphatic hydroxyl groups is 2. The molecule has 14 heavy (non-hydrogen) atoms. The highest BCUT2D eigenvalue weighted by Crippen LogP contribution is 2.03. The number of hydrogen-bond acceptors (Lipinski definition) is 6. The third-order valence-electron chi connectivity index (χ3n) is 1.51. The summed E-state index contributed by atoms with van der Waals surface area (Å²) in [4.78, 5) is 11.5. The van der Waals surface area contributed by atoms with Crippen molar-refractivity contribution >= 4 is 5.95 Å². The maximum Gasteiger partial charge on any atom is 0.314 e. The van der Waals surface area contributed by atoms with E-state index in [9.17, 15) is 4.39 Å². The van der Waals surface area contributed by atoms with Gasteiger partial charge in [0.2, 0.25) is 12.3 Å². The van der Waals surface area contributed by atoms with Crippen molar-refractivity contribution in [1.82, 2.24) is 15.0 Å². The lowest BCUT2D eigenvalue weighted by Gasteiger charge is -2.19. The summed E-state index contributed by atoms with van der Waals surface area (Å²) in [7, 11) is 0. The van der Waals surface area contributed by atoms with Gasteiger partial charge in [0, 0.05) is 13.1 Å². The quantitative estimate of drug-likeness (QED) is 0.609. The van der Waals surface area contributed by atoms with Gasteiger partial charge in [-0.1, -0.05) is 0 Å². The Balaban J connectivity index is 2.75. The Hall–Kier alpha value is -1.34. The summed E-state index contributed by atoms with van der Waals surface area (Å²) in [5.74, 6) is 0.0561. The van der Waals surface area contributed by atoms with Crippen LogP contribution < -0.4 is 4.90 Å². The molecule has 0 aromatic carbocycles. The van der Waals surface area contributed by atoms with E-state index in [-0.39, 0.29) is 32.3 Å². The zero-order valence-corrected chi connectivity index (χ0v) is 7.39. The number of aromatic nitrogens is 3. The van der Waals surface area contributed by atoms with Crippen molar-refractivity contribution in [2.24, 2.45) is 0 Å². The van der Waals surface area contributed by atoms with Crippen molar-refractivity contribution < 1.29 is 14.6 Å². The number of anilines is 1. The summed E-state index contributed by atoms with van der Waals surface area (Å²) in [6, 6.07) is 0. The topological polar surface area (TPSA) is 82.4 Å². The van der Waals surface area contributed by atoms with E-state index in [0.717, 1.165) is 0 Å². The summed E-state index contributed by atoms with van der Waals surface area (Å²) >= 11 is 0. The van der Waals surface area contributed by atoms with Crippen LogP contribution in [0.2, 0.25) is 0 Å². The van der Waals surface area contributed by atoms with E-state index in [1.54, 1.807) is 0 Å². The molecule has 0 saturated carbocycles. The van der Waals surface area contributed by atoms with Crippen molar-refractivity contribution in [1.29, 1.82) is 0 Å². The molecule has 0 saturated heterocycles. The van der Waals surface area contributed by atoms with Crippen molar-refractivity contribution in [3.05, 3.63) is 12.4 Å². The molecule has 0 atom stereocenters. The second-order valence-electron chi connectivity index (χ2n) is 2.44. The molecule has 1 heterocycles. The molecule has 77 valence electrons. The minimum Gasteiger partial charge on any atom is -0.395 e. The predicted octanol–water partition coefficient (Wildman–Crippen LogP) is -1.40. The predicted molar refractivity (Wildman–Crippen MR) is 45.0 cm³/mol. The van der Waals surface area contributed by atoms with Crippen LogP contribution in [-0.2, 0) is 0 Å². The summed E-state index contributed by atoms with van der Waals surface area (Å²) < 4.78 is 12.6. The first-order valence-corrected chi connectivity index (χ1v) is 4.02. The van der Waals surface area contributed by atoms with Crippen LogP contribution in [0.5, 0.6) is 0 Å². The largest absolute Gasteiger partial charge is 0.395 e. The molecule has 0 fully saturated rings. The lowest BCUT2D eigenvalue weighted by molar-refractivity contribution is 0.279. The highest BCUT2D eigenvalue weighted by atomic mass is 19.1. The van der Waals surface area contributed by atoms with E-state index < -0.39 is 6.08 Å². The molecule has 2 N–H and O–H groups in total. The summed E-state index contributed by atoms with van der Waals surface area (Å²) in [5.41, 5.74) is 0. The second-order valence-corrected chi connectivity index (χ2v) is 2.44. The van der Waals surface area contributed by atoms with E-state index >= 15 is 0 Å². The number of halogens is 1. The zero-order chi connectivity index (χ0) is 10.4. The summed E-state index contributed by atoms with van der Waals surface area (Å²) in [5, 5.41) is 17.4. The third-order valence-corrected chi connectivity index (χ3v) is 1.51. The molecular weight excluding hydrogens is 191 g/mol.